The van der Waals surface area contributed by atoms with Crippen molar-refractivity contribution in [1.29, 1.82) is 0 Å². The Bertz CT molecular complexity index is 859. The van der Waals surface area contributed by atoms with Crippen LogP contribution in [0.15, 0.2) is 36.4 Å². The van der Waals surface area contributed by atoms with Crippen molar-refractivity contribution in [1.82, 2.24) is 9.80 Å². The summed E-state index contributed by atoms with van der Waals surface area (Å²) in [5.41, 5.74) is 0.638. The standard InChI is InChI=1S/C19H18Cl3N3O3/c20-13-10-14(21)18(27)16(17(13)22)19(28)25-8-6-24(7-9-25)11-15(26)23-12-4-2-1-3-5-12/h1-5,10,27H,6-9,11H2,(H,23,26). The smallest absolute Gasteiger partial charge is 0.259 e. The molecule has 0 bridgehead atoms. The molecule has 1 aliphatic heterocycles. The Kier molecular flexibility index (Phi) is 6.67. The monoisotopic (exact) mass is 441 g/mol. The van der Waals surface area contributed by atoms with Gasteiger partial charge in [-0.25, -0.2) is 0 Å². The molecule has 3 rings (SSSR count). The average Bonchev–Trinajstić information content (AvgIpc) is 2.68. The molecular weight excluding hydrogens is 425 g/mol. The first-order valence-corrected chi connectivity index (χ1v) is 9.73. The molecular formula is C19H18Cl3N3O3. The van der Waals surface area contributed by atoms with Crippen molar-refractivity contribution in [3.8, 4) is 5.75 Å². The fourth-order valence-corrected chi connectivity index (χ4v) is 3.66. The van der Waals surface area contributed by atoms with Crippen LogP contribution in [0.3, 0.4) is 0 Å². The number of phenolic OH excluding ortho intramolecular Hbond substituents is 1. The number of carbonyl (C=O) groups excluding carboxylic acids is 2. The van der Waals surface area contributed by atoms with Crippen molar-refractivity contribution < 1.29 is 14.7 Å². The minimum atomic E-state index is -0.444. The molecule has 0 atom stereocenters. The number of halogens is 3. The first-order valence-electron chi connectivity index (χ1n) is 8.60. The second-order valence-electron chi connectivity index (χ2n) is 6.36. The molecule has 1 fully saturated rings. The van der Waals surface area contributed by atoms with Crippen LogP contribution in [0.25, 0.3) is 0 Å². The van der Waals surface area contributed by atoms with Crippen molar-refractivity contribution in [2.45, 2.75) is 0 Å². The second kappa shape index (κ2) is 9.01. The van der Waals surface area contributed by atoms with Crippen molar-refractivity contribution in [2.24, 2.45) is 0 Å². The molecule has 0 saturated carbocycles. The number of para-hydroxylation sites is 1. The van der Waals surface area contributed by atoms with Crippen molar-refractivity contribution in [3.05, 3.63) is 57.0 Å². The number of hydrogen-bond donors (Lipinski definition) is 2. The van der Waals surface area contributed by atoms with Crippen LogP contribution < -0.4 is 5.32 Å². The van der Waals surface area contributed by atoms with E-state index in [9.17, 15) is 14.7 Å². The lowest BCUT2D eigenvalue weighted by molar-refractivity contribution is -0.117. The minimum Gasteiger partial charge on any atom is -0.505 e. The maximum absolute atomic E-state index is 12.8. The molecule has 1 aliphatic rings. The predicted molar refractivity (Wildman–Crippen MR) is 111 cm³/mol. The van der Waals surface area contributed by atoms with E-state index in [1.165, 1.54) is 6.07 Å². The van der Waals surface area contributed by atoms with Gasteiger partial charge in [0, 0.05) is 31.9 Å². The Morgan fingerprint density at radius 3 is 2.29 bits per heavy atom. The Morgan fingerprint density at radius 1 is 1.00 bits per heavy atom. The predicted octanol–water partition coefficient (Wildman–Crippen LogP) is 3.75. The third kappa shape index (κ3) is 4.70. The Balaban J connectivity index is 1.58. The van der Waals surface area contributed by atoms with Crippen LogP contribution in [0.4, 0.5) is 5.69 Å². The number of carbonyl (C=O) groups is 2. The third-order valence-corrected chi connectivity index (χ3v) is 5.52. The van der Waals surface area contributed by atoms with Gasteiger partial charge in [0.15, 0.2) is 0 Å². The summed E-state index contributed by atoms with van der Waals surface area (Å²) in [7, 11) is 0. The number of amides is 2. The number of aromatic hydroxyl groups is 1. The van der Waals surface area contributed by atoms with Crippen LogP contribution in [-0.4, -0.2) is 59.4 Å². The van der Waals surface area contributed by atoms with Crippen molar-refractivity contribution in [2.75, 3.05) is 38.0 Å². The molecule has 0 radical (unpaired) electrons. The minimum absolute atomic E-state index is 0.0294. The first-order chi connectivity index (χ1) is 13.4. The van der Waals surface area contributed by atoms with Gasteiger partial charge in [-0.3, -0.25) is 14.5 Å². The van der Waals surface area contributed by atoms with Gasteiger partial charge in [0.25, 0.3) is 5.91 Å². The van der Waals surface area contributed by atoms with Gasteiger partial charge in [-0.2, -0.15) is 0 Å². The van der Waals surface area contributed by atoms with Crippen molar-refractivity contribution >= 4 is 52.3 Å². The van der Waals surface area contributed by atoms with Gasteiger partial charge < -0.3 is 15.3 Å². The summed E-state index contributed by atoms with van der Waals surface area (Å²) in [6.45, 7) is 2.03. The van der Waals surface area contributed by atoms with Gasteiger partial charge in [-0.05, 0) is 18.2 Å². The summed E-state index contributed by atoms with van der Waals surface area (Å²) >= 11 is 18.0. The van der Waals surface area contributed by atoms with E-state index in [2.05, 4.69) is 5.32 Å². The highest BCUT2D eigenvalue weighted by Crippen LogP contribution is 2.39. The highest BCUT2D eigenvalue weighted by Gasteiger charge is 2.28. The van der Waals surface area contributed by atoms with Gasteiger partial charge in [0.05, 0.1) is 21.6 Å². The number of nitrogens with zero attached hydrogens (tertiary/aromatic N) is 2. The van der Waals surface area contributed by atoms with E-state index < -0.39 is 5.91 Å². The van der Waals surface area contributed by atoms with E-state index in [0.29, 0.717) is 26.2 Å². The SMILES string of the molecule is O=C(CN1CCN(C(=O)c2c(O)c(Cl)cc(Cl)c2Cl)CC1)Nc1ccccc1. The van der Waals surface area contributed by atoms with E-state index in [-0.39, 0.29) is 38.8 Å². The lowest BCUT2D eigenvalue weighted by Gasteiger charge is -2.34. The molecule has 2 aromatic rings. The van der Waals surface area contributed by atoms with Crippen LogP contribution in [0, 0.1) is 0 Å². The topological polar surface area (TPSA) is 72.9 Å². The maximum atomic E-state index is 12.8. The zero-order chi connectivity index (χ0) is 20.3. The van der Waals surface area contributed by atoms with Gasteiger partial charge in [-0.15, -0.1) is 0 Å². The number of benzene rings is 2. The Hall–Kier alpha value is -1.99. The Labute approximate surface area is 177 Å². The number of phenols is 1. The lowest BCUT2D eigenvalue weighted by Crippen LogP contribution is -2.50. The molecule has 28 heavy (non-hydrogen) atoms. The van der Waals surface area contributed by atoms with E-state index in [1.807, 2.05) is 35.2 Å². The van der Waals surface area contributed by atoms with Gasteiger partial charge >= 0.3 is 0 Å². The van der Waals surface area contributed by atoms with E-state index in [0.717, 1.165) is 5.69 Å². The average molecular weight is 443 g/mol. The molecule has 0 spiro atoms. The number of anilines is 1. The van der Waals surface area contributed by atoms with Gasteiger partial charge in [-0.1, -0.05) is 53.0 Å². The maximum Gasteiger partial charge on any atom is 0.259 e. The van der Waals surface area contributed by atoms with E-state index >= 15 is 0 Å². The molecule has 0 unspecified atom stereocenters. The molecule has 9 heteroatoms. The second-order valence-corrected chi connectivity index (χ2v) is 7.55. The fraction of sp³-hybridized carbons (Fsp3) is 0.263. The molecule has 2 aromatic carbocycles. The zero-order valence-electron chi connectivity index (χ0n) is 14.8. The first kappa shape index (κ1) is 20.7. The number of rotatable bonds is 4. The summed E-state index contributed by atoms with van der Waals surface area (Å²) in [5, 5.41) is 13.0. The Morgan fingerprint density at radius 2 is 1.64 bits per heavy atom. The molecule has 2 N–H and O–H groups in total. The summed E-state index contributed by atoms with van der Waals surface area (Å²) in [6.07, 6.45) is 0. The molecule has 148 valence electrons. The normalized spacial score (nSPS) is 14.8. The lowest BCUT2D eigenvalue weighted by atomic mass is 10.1. The third-order valence-electron chi connectivity index (χ3n) is 4.44. The molecule has 2 amide bonds. The summed E-state index contributed by atoms with van der Waals surface area (Å²) in [5.74, 6) is -0.945. The number of piperazine rings is 1. The summed E-state index contributed by atoms with van der Waals surface area (Å²) in [6, 6.07) is 10.5. The van der Waals surface area contributed by atoms with E-state index in [4.69, 9.17) is 34.8 Å². The van der Waals surface area contributed by atoms with Crippen molar-refractivity contribution in [3.63, 3.8) is 0 Å². The largest absolute Gasteiger partial charge is 0.505 e. The molecule has 1 saturated heterocycles. The molecule has 6 nitrogen and oxygen atoms in total. The van der Waals surface area contributed by atoms with Crippen LogP contribution in [0.5, 0.6) is 5.75 Å². The number of nitrogens with one attached hydrogen (secondary N) is 1. The van der Waals surface area contributed by atoms with Crippen LogP contribution in [0.2, 0.25) is 15.1 Å². The zero-order valence-corrected chi connectivity index (χ0v) is 17.1. The van der Waals surface area contributed by atoms with Crippen LogP contribution >= 0.6 is 34.8 Å². The molecule has 0 aromatic heterocycles. The highest BCUT2D eigenvalue weighted by molar-refractivity contribution is 6.45. The molecule has 1 heterocycles. The van der Waals surface area contributed by atoms with E-state index in [1.54, 1.807) is 4.90 Å². The van der Waals surface area contributed by atoms with Gasteiger partial charge in [0.1, 0.15) is 11.3 Å². The van der Waals surface area contributed by atoms with Gasteiger partial charge in [0.2, 0.25) is 5.91 Å². The molecule has 0 aliphatic carbocycles. The quantitative estimate of drug-likeness (QED) is 0.707. The number of hydrogen-bond acceptors (Lipinski definition) is 4. The highest BCUT2D eigenvalue weighted by atomic mass is 35.5. The van der Waals surface area contributed by atoms with Crippen LogP contribution in [0.1, 0.15) is 10.4 Å². The van der Waals surface area contributed by atoms with Crippen LogP contribution in [-0.2, 0) is 4.79 Å². The summed E-state index contributed by atoms with van der Waals surface area (Å²) in [4.78, 5) is 28.5. The summed E-state index contributed by atoms with van der Waals surface area (Å²) < 4.78 is 0. The fourth-order valence-electron chi connectivity index (χ4n) is 2.97.